The summed E-state index contributed by atoms with van der Waals surface area (Å²) in [7, 11) is 3.40. The fourth-order valence-electron chi connectivity index (χ4n) is 1.46. The van der Waals surface area contributed by atoms with E-state index in [0.29, 0.717) is 5.76 Å². The third kappa shape index (κ3) is 1.78. The molecular formula is C9H16N2O. The van der Waals surface area contributed by atoms with Gasteiger partial charge in [0.15, 0.2) is 11.6 Å². The second kappa shape index (κ2) is 4.14. The number of aliphatic imine (C=N–C) groups is 1. The Balaban J connectivity index is 2.61. The van der Waals surface area contributed by atoms with Crippen molar-refractivity contribution in [2.24, 2.45) is 4.99 Å². The van der Waals surface area contributed by atoms with Crippen LogP contribution in [0.15, 0.2) is 17.3 Å². The standard InChI is InChI=1S/C9H16N2O/c1-8(12-3)9(10-2)11-6-4-5-7-11/h1,4-7H2,2-3H3/b10-9+. The molecule has 0 N–H and O–H groups in total. The molecule has 0 spiro atoms. The predicted molar refractivity (Wildman–Crippen MR) is 50.3 cm³/mol. The first-order valence-electron chi connectivity index (χ1n) is 4.24. The fraction of sp³-hybridized carbons (Fsp3) is 0.667. The van der Waals surface area contributed by atoms with Crippen molar-refractivity contribution >= 4 is 5.84 Å². The van der Waals surface area contributed by atoms with Crippen molar-refractivity contribution < 1.29 is 4.74 Å². The van der Waals surface area contributed by atoms with Crippen LogP contribution >= 0.6 is 0 Å². The summed E-state index contributed by atoms with van der Waals surface area (Å²) in [6.45, 7) is 5.95. The van der Waals surface area contributed by atoms with Gasteiger partial charge in [0.2, 0.25) is 0 Å². The Hall–Kier alpha value is -0.990. The summed E-state index contributed by atoms with van der Waals surface area (Å²) in [5.74, 6) is 1.56. The van der Waals surface area contributed by atoms with Crippen LogP contribution in [0, 0.1) is 0 Å². The largest absolute Gasteiger partial charge is 0.494 e. The minimum absolute atomic E-state index is 0.666. The van der Waals surface area contributed by atoms with Crippen LogP contribution in [0.3, 0.4) is 0 Å². The number of ether oxygens (including phenoxy) is 1. The molecule has 1 aliphatic rings. The van der Waals surface area contributed by atoms with Gasteiger partial charge in [0.25, 0.3) is 0 Å². The molecule has 0 aromatic heterocycles. The number of likely N-dealkylation sites (tertiary alicyclic amines) is 1. The first-order chi connectivity index (χ1) is 5.79. The number of hydrogen-bond donors (Lipinski definition) is 0. The highest BCUT2D eigenvalue weighted by Crippen LogP contribution is 2.12. The summed E-state index contributed by atoms with van der Waals surface area (Å²) >= 11 is 0. The van der Waals surface area contributed by atoms with Crippen LogP contribution in [0.25, 0.3) is 0 Å². The van der Waals surface area contributed by atoms with Gasteiger partial charge in [-0.2, -0.15) is 0 Å². The highest BCUT2D eigenvalue weighted by Gasteiger charge is 2.17. The monoisotopic (exact) mass is 168 g/mol. The second-order valence-electron chi connectivity index (χ2n) is 2.87. The fourth-order valence-corrected chi connectivity index (χ4v) is 1.46. The Morgan fingerprint density at radius 1 is 1.42 bits per heavy atom. The summed E-state index contributed by atoms with van der Waals surface area (Å²) < 4.78 is 5.05. The molecule has 0 saturated carbocycles. The SMILES string of the molecule is C=C(OC)/C(=N\C)N1CCCC1. The van der Waals surface area contributed by atoms with E-state index in [9.17, 15) is 0 Å². The van der Waals surface area contributed by atoms with Crippen LogP contribution in [-0.2, 0) is 4.74 Å². The van der Waals surface area contributed by atoms with Crippen LogP contribution in [0.4, 0.5) is 0 Å². The van der Waals surface area contributed by atoms with E-state index in [1.165, 1.54) is 12.8 Å². The maximum Gasteiger partial charge on any atom is 0.165 e. The van der Waals surface area contributed by atoms with Gasteiger partial charge in [-0.25, -0.2) is 0 Å². The lowest BCUT2D eigenvalue weighted by molar-refractivity contribution is 0.305. The average Bonchev–Trinajstić information content (AvgIpc) is 2.58. The molecule has 0 unspecified atom stereocenters. The molecular weight excluding hydrogens is 152 g/mol. The molecule has 1 fully saturated rings. The van der Waals surface area contributed by atoms with E-state index < -0.39 is 0 Å². The topological polar surface area (TPSA) is 24.8 Å². The van der Waals surface area contributed by atoms with E-state index in [1.54, 1.807) is 14.2 Å². The molecule has 0 aromatic rings. The van der Waals surface area contributed by atoms with E-state index in [4.69, 9.17) is 4.74 Å². The third-order valence-corrected chi connectivity index (χ3v) is 2.11. The van der Waals surface area contributed by atoms with Crippen LogP contribution < -0.4 is 0 Å². The Labute approximate surface area is 73.7 Å². The van der Waals surface area contributed by atoms with Crippen molar-refractivity contribution in [2.45, 2.75) is 12.8 Å². The summed E-state index contributed by atoms with van der Waals surface area (Å²) in [6, 6.07) is 0. The van der Waals surface area contributed by atoms with Gasteiger partial charge in [-0.3, -0.25) is 4.99 Å². The highest BCUT2D eigenvalue weighted by molar-refractivity contribution is 5.96. The maximum absolute atomic E-state index is 5.05. The number of hydrogen-bond acceptors (Lipinski definition) is 2. The van der Waals surface area contributed by atoms with Crippen molar-refractivity contribution in [3.63, 3.8) is 0 Å². The van der Waals surface area contributed by atoms with Gasteiger partial charge in [-0.1, -0.05) is 6.58 Å². The van der Waals surface area contributed by atoms with Crippen molar-refractivity contribution in [1.29, 1.82) is 0 Å². The molecule has 0 aliphatic carbocycles. The van der Waals surface area contributed by atoms with Gasteiger partial charge in [-0.15, -0.1) is 0 Å². The van der Waals surface area contributed by atoms with E-state index in [-0.39, 0.29) is 0 Å². The Bertz CT molecular complexity index is 193. The minimum atomic E-state index is 0.666. The van der Waals surface area contributed by atoms with Gasteiger partial charge in [0.05, 0.1) is 7.11 Å². The Kier molecular flexibility index (Phi) is 3.14. The van der Waals surface area contributed by atoms with Crippen molar-refractivity contribution in [3.8, 4) is 0 Å². The Morgan fingerprint density at radius 3 is 2.42 bits per heavy atom. The first kappa shape index (κ1) is 9.10. The van der Waals surface area contributed by atoms with Gasteiger partial charge in [0.1, 0.15) is 0 Å². The molecule has 68 valence electrons. The molecule has 12 heavy (non-hydrogen) atoms. The minimum Gasteiger partial charge on any atom is -0.494 e. The van der Waals surface area contributed by atoms with Crippen LogP contribution in [0.1, 0.15) is 12.8 Å². The molecule has 1 aliphatic heterocycles. The smallest absolute Gasteiger partial charge is 0.165 e. The van der Waals surface area contributed by atoms with E-state index in [1.807, 2.05) is 0 Å². The third-order valence-electron chi connectivity index (χ3n) is 2.11. The van der Waals surface area contributed by atoms with E-state index >= 15 is 0 Å². The maximum atomic E-state index is 5.05. The number of amidine groups is 1. The van der Waals surface area contributed by atoms with Gasteiger partial charge in [-0.05, 0) is 12.8 Å². The molecule has 0 radical (unpaired) electrons. The molecule has 1 saturated heterocycles. The molecule has 3 nitrogen and oxygen atoms in total. The van der Waals surface area contributed by atoms with Gasteiger partial charge < -0.3 is 9.64 Å². The quantitative estimate of drug-likeness (QED) is 0.352. The first-order valence-corrected chi connectivity index (χ1v) is 4.24. The zero-order chi connectivity index (χ0) is 8.97. The predicted octanol–water partition coefficient (Wildman–Crippen LogP) is 1.27. The van der Waals surface area contributed by atoms with Crippen LogP contribution in [-0.4, -0.2) is 38.0 Å². The lowest BCUT2D eigenvalue weighted by atomic mass is 10.4. The average molecular weight is 168 g/mol. The normalized spacial score (nSPS) is 18.2. The molecule has 3 heteroatoms. The molecule has 0 bridgehead atoms. The lowest BCUT2D eigenvalue weighted by Crippen LogP contribution is -2.29. The second-order valence-corrected chi connectivity index (χ2v) is 2.87. The van der Waals surface area contributed by atoms with Crippen molar-refractivity contribution in [3.05, 3.63) is 12.3 Å². The van der Waals surface area contributed by atoms with Gasteiger partial charge in [0, 0.05) is 20.1 Å². The molecule has 1 rings (SSSR count). The summed E-state index contributed by atoms with van der Waals surface area (Å²) in [5.41, 5.74) is 0. The summed E-state index contributed by atoms with van der Waals surface area (Å²) in [6.07, 6.45) is 2.49. The Morgan fingerprint density at radius 2 is 2.00 bits per heavy atom. The molecule has 0 amide bonds. The number of nitrogens with zero attached hydrogens (tertiary/aromatic N) is 2. The van der Waals surface area contributed by atoms with Crippen molar-refractivity contribution in [1.82, 2.24) is 4.90 Å². The molecule has 0 aromatic carbocycles. The van der Waals surface area contributed by atoms with Crippen LogP contribution in [0.2, 0.25) is 0 Å². The summed E-state index contributed by atoms with van der Waals surface area (Å²) in [5, 5.41) is 0. The zero-order valence-corrected chi connectivity index (χ0v) is 7.84. The molecule has 0 atom stereocenters. The van der Waals surface area contributed by atoms with E-state index in [0.717, 1.165) is 18.9 Å². The number of methoxy groups -OCH3 is 1. The van der Waals surface area contributed by atoms with E-state index in [2.05, 4.69) is 16.5 Å². The number of rotatable bonds is 2. The summed E-state index contributed by atoms with van der Waals surface area (Å²) in [4.78, 5) is 6.37. The van der Waals surface area contributed by atoms with Crippen LogP contribution in [0.5, 0.6) is 0 Å². The van der Waals surface area contributed by atoms with Gasteiger partial charge >= 0.3 is 0 Å². The highest BCUT2D eigenvalue weighted by atomic mass is 16.5. The van der Waals surface area contributed by atoms with Crippen molar-refractivity contribution in [2.75, 3.05) is 27.2 Å². The molecule has 1 heterocycles. The zero-order valence-electron chi connectivity index (χ0n) is 7.84. The lowest BCUT2D eigenvalue weighted by Gasteiger charge is -2.19.